The van der Waals surface area contributed by atoms with Gasteiger partial charge in [0, 0.05) is 13.1 Å². The van der Waals surface area contributed by atoms with Gasteiger partial charge in [-0.05, 0) is 62.5 Å². The molecule has 2 rings (SSSR count). The Labute approximate surface area is 136 Å². The maximum absolute atomic E-state index is 5.62. The van der Waals surface area contributed by atoms with Crippen molar-refractivity contribution in [3.63, 3.8) is 0 Å². The summed E-state index contributed by atoms with van der Waals surface area (Å²) in [4.78, 5) is 2.65. The molecule has 0 heterocycles. The van der Waals surface area contributed by atoms with Gasteiger partial charge in [-0.25, -0.2) is 0 Å². The quantitative estimate of drug-likeness (QED) is 0.583. The van der Waals surface area contributed by atoms with E-state index in [9.17, 15) is 0 Å². The number of nitrogens with zero attached hydrogens (tertiary/aromatic N) is 1. The highest BCUT2D eigenvalue weighted by Gasteiger charge is 2.21. The Morgan fingerprint density at radius 1 is 1.09 bits per heavy atom. The van der Waals surface area contributed by atoms with Gasteiger partial charge in [0.15, 0.2) is 0 Å². The van der Waals surface area contributed by atoms with Crippen LogP contribution in [0.4, 0.5) is 0 Å². The Balaban J connectivity index is 1.55. The van der Waals surface area contributed by atoms with Crippen LogP contribution < -0.4 is 11.1 Å². The maximum Gasteiger partial charge on any atom is 0.0205 e. The van der Waals surface area contributed by atoms with Gasteiger partial charge in [-0.1, -0.05) is 44.0 Å². The van der Waals surface area contributed by atoms with Crippen LogP contribution >= 0.6 is 0 Å². The Morgan fingerprint density at radius 3 is 2.45 bits per heavy atom. The molecule has 3 N–H and O–H groups in total. The van der Waals surface area contributed by atoms with Crippen LogP contribution in [0.2, 0.25) is 0 Å². The minimum absolute atomic E-state index is 0.627. The maximum atomic E-state index is 5.62. The predicted octanol–water partition coefficient (Wildman–Crippen LogP) is 3.14. The summed E-state index contributed by atoms with van der Waals surface area (Å²) in [7, 11) is 0. The summed E-state index contributed by atoms with van der Waals surface area (Å²) in [6.45, 7) is 8.77. The highest BCUT2D eigenvalue weighted by molar-refractivity contribution is 5.22. The lowest BCUT2D eigenvalue weighted by atomic mass is 10.1. The summed E-state index contributed by atoms with van der Waals surface area (Å²) < 4.78 is 0. The van der Waals surface area contributed by atoms with E-state index in [2.05, 4.69) is 41.4 Å². The Hall–Kier alpha value is -0.900. The summed E-state index contributed by atoms with van der Waals surface area (Å²) in [6.07, 6.45) is 6.88. The van der Waals surface area contributed by atoms with Gasteiger partial charge in [-0.3, -0.25) is 0 Å². The van der Waals surface area contributed by atoms with Crippen molar-refractivity contribution in [3.05, 3.63) is 35.4 Å². The summed E-state index contributed by atoms with van der Waals surface area (Å²) in [5.41, 5.74) is 8.17. The smallest absolute Gasteiger partial charge is 0.0205 e. The second-order valence-electron chi connectivity index (χ2n) is 6.62. The van der Waals surface area contributed by atoms with Gasteiger partial charge >= 0.3 is 0 Å². The predicted molar refractivity (Wildman–Crippen MR) is 94.7 cm³/mol. The molecule has 0 spiro atoms. The van der Waals surface area contributed by atoms with Gasteiger partial charge in [-0.2, -0.15) is 0 Å². The van der Waals surface area contributed by atoms with Crippen LogP contribution in [0.25, 0.3) is 0 Å². The average molecular weight is 303 g/mol. The summed E-state index contributed by atoms with van der Waals surface area (Å²) in [6, 6.07) is 8.60. The molecule has 22 heavy (non-hydrogen) atoms. The van der Waals surface area contributed by atoms with E-state index in [4.69, 9.17) is 5.73 Å². The van der Waals surface area contributed by atoms with E-state index in [1.807, 2.05) is 0 Å². The van der Waals surface area contributed by atoms with Crippen LogP contribution in [-0.2, 0) is 13.1 Å². The third-order valence-electron chi connectivity index (χ3n) is 4.51. The zero-order valence-corrected chi connectivity index (χ0v) is 14.2. The van der Waals surface area contributed by atoms with Gasteiger partial charge in [-0.15, -0.1) is 0 Å². The lowest BCUT2D eigenvalue weighted by Crippen LogP contribution is -2.29. The standard InChI is InChI=1S/C19H33N3/c1-2-12-22(14-10-17-4-5-17)13-3-11-21-16-19-8-6-18(15-20)7-9-19/h6-9,17,21H,2-5,10-16,20H2,1H3. The Kier molecular flexibility index (Phi) is 7.92. The van der Waals surface area contributed by atoms with Crippen molar-refractivity contribution in [1.82, 2.24) is 10.2 Å². The molecule has 0 unspecified atom stereocenters. The first-order chi connectivity index (χ1) is 10.8. The van der Waals surface area contributed by atoms with Crippen LogP contribution in [0, 0.1) is 5.92 Å². The number of nitrogens with two attached hydrogens (primary N) is 1. The van der Waals surface area contributed by atoms with Crippen molar-refractivity contribution in [2.45, 2.75) is 52.1 Å². The normalized spacial score (nSPS) is 14.7. The van der Waals surface area contributed by atoms with Gasteiger partial charge in [0.1, 0.15) is 0 Å². The number of hydrogen-bond acceptors (Lipinski definition) is 3. The van der Waals surface area contributed by atoms with Crippen molar-refractivity contribution < 1.29 is 0 Å². The van der Waals surface area contributed by atoms with E-state index in [0.29, 0.717) is 6.54 Å². The molecule has 1 saturated carbocycles. The first-order valence-corrected chi connectivity index (χ1v) is 9.02. The van der Waals surface area contributed by atoms with Gasteiger partial charge in [0.25, 0.3) is 0 Å². The molecular formula is C19H33N3. The summed E-state index contributed by atoms with van der Waals surface area (Å²) in [5.74, 6) is 1.05. The molecule has 3 heteroatoms. The van der Waals surface area contributed by atoms with E-state index < -0.39 is 0 Å². The fourth-order valence-electron chi connectivity index (χ4n) is 2.88. The molecule has 0 aliphatic heterocycles. The number of rotatable bonds is 12. The van der Waals surface area contributed by atoms with Crippen LogP contribution in [0.3, 0.4) is 0 Å². The third kappa shape index (κ3) is 6.91. The molecular weight excluding hydrogens is 270 g/mol. The van der Waals surface area contributed by atoms with E-state index in [1.54, 1.807) is 0 Å². The minimum atomic E-state index is 0.627. The molecule has 0 amide bonds. The molecule has 0 atom stereocenters. The van der Waals surface area contributed by atoms with Crippen molar-refractivity contribution in [2.75, 3.05) is 26.2 Å². The van der Waals surface area contributed by atoms with Crippen LogP contribution in [0.15, 0.2) is 24.3 Å². The first-order valence-electron chi connectivity index (χ1n) is 9.02. The lowest BCUT2D eigenvalue weighted by Gasteiger charge is -2.21. The molecule has 1 aliphatic carbocycles. The van der Waals surface area contributed by atoms with Crippen molar-refractivity contribution in [3.8, 4) is 0 Å². The van der Waals surface area contributed by atoms with Crippen LogP contribution in [-0.4, -0.2) is 31.1 Å². The zero-order valence-electron chi connectivity index (χ0n) is 14.2. The second-order valence-corrected chi connectivity index (χ2v) is 6.62. The molecule has 1 aromatic rings. The van der Waals surface area contributed by atoms with Gasteiger partial charge in [0.2, 0.25) is 0 Å². The molecule has 0 saturated heterocycles. The molecule has 0 bridgehead atoms. The summed E-state index contributed by atoms with van der Waals surface area (Å²) in [5, 5.41) is 3.56. The second kappa shape index (κ2) is 9.98. The van der Waals surface area contributed by atoms with Crippen molar-refractivity contribution in [2.24, 2.45) is 11.7 Å². The third-order valence-corrected chi connectivity index (χ3v) is 4.51. The molecule has 124 valence electrons. The zero-order chi connectivity index (χ0) is 15.6. The number of hydrogen-bond donors (Lipinski definition) is 2. The fourth-order valence-corrected chi connectivity index (χ4v) is 2.88. The Morgan fingerprint density at radius 2 is 1.82 bits per heavy atom. The molecule has 0 aromatic heterocycles. The molecule has 1 fully saturated rings. The number of benzene rings is 1. The lowest BCUT2D eigenvalue weighted by molar-refractivity contribution is 0.261. The van der Waals surface area contributed by atoms with E-state index in [-0.39, 0.29) is 0 Å². The van der Waals surface area contributed by atoms with Crippen molar-refractivity contribution >= 4 is 0 Å². The molecule has 0 radical (unpaired) electrons. The van der Waals surface area contributed by atoms with E-state index >= 15 is 0 Å². The Bertz CT molecular complexity index is 398. The SMILES string of the molecule is CCCN(CCCNCc1ccc(CN)cc1)CCC1CC1. The van der Waals surface area contributed by atoms with Crippen LogP contribution in [0.5, 0.6) is 0 Å². The molecule has 1 aliphatic rings. The monoisotopic (exact) mass is 303 g/mol. The van der Waals surface area contributed by atoms with Gasteiger partial charge < -0.3 is 16.0 Å². The number of nitrogens with one attached hydrogen (secondary N) is 1. The van der Waals surface area contributed by atoms with Gasteiger partial charge in [0.05, 0.1) is 0 Å². The first kappa shape index (κ1) is 17.5. The summed E-state index contributed by atoms with van der Waals surface area (Å²) >= 11 is 0. The average Bonchev–Trinajstić information content (AvgIpc) is 3.37. The topological polar surface area (TPSA) is 41.3 Å². The minimum Gasteiger partial charge on any atom is -0.326 e. The molecule has 1 aromatic carbocycles. The fraction of sp³-hybridized carbons (Fsp3) is 0.684. The van der Waals surface area contributed by atoms with Crippen molar-refractivity contribution in [1.29, 1.82) is 0 Å². The molecule has 3 nitrogen and oxygen atoms in total. The highest BCUT2D eigenvalue weighted by Crippen LogP contribution is 2.32. The largest absolute Gasteiger partial charge is 0.326 e. The highest BCUT2D eigenvalue weighted by atomic mass is 15.1. The van der Waals surface area contributed by atoms with E-state index in [0.717, 1.165) is 19.0 Å². The van der Waals surface area contributed by atoms with E-state index in [1.165, 1.54) is 62.9 Å². The van der Waals surface area contributed by atoms with Crippen LogP contribution in [0.1, 0.15) is 50.2 Å².